The van der Waals surface area contributed by atoms with Crippen molar-refractivity contribution < 1.29 is 17.9 Å². The minimum Gasteiger partial charge on any atom is -0.468 e. The number of nitrogens with one attached hydrogen (secondary N) is 1. The molecule has 0 aliphatic rings. The second kappa shape index (κ2) is 6.59. The highest BCUT2D eigenvalue weighted by atomic mass is 19.4. The van der Waals surface area contributed by atoms with Crippen LogP contribution in [-0.4, -0.2) is 27.7 Å². The first-order valence-electron chi connectivity index (χ1n) is 6.52. The lowest BCUT2D eigenvalue weighted by Gasteiger charge is -2.10. The number of ether oxygens (including phenoxy) is 1. The van der Waals surface area contributed by atoms with Crippen molar-refractivity contribution in [3.63, 3.8) is 0 Å². The number of pyridine rings is 1. The summed E-state index contributed by atoms with van der Waals surface area (Å²) >= 11 is 0. The third kappa shape index (κ3) is 5.19. The summed E-state index contributed by atoms with van der Waals surface area (Å²) < 4.78 is 40.9. The van der Waals surface area contributed by atoms with Gasteiger partial charge in [-0.25, -0.2) is 15.0 Å². The van der Waals surface area contributed by atoms with Crippen molar-refractivity contribution in [2.75, 3.05) is 11.9 Å². The van der Waals surface area contributed by atoms with Crippen molar-refractivity contribution in [3.8, 4) is 5.88 Å². The Bertz CT molecular complexity index is 626. The Hall–Kier alpha value is -2.38. The van der Waals surface area contributed by atoms with Gasteiger partial charge in [0.25, 0.3) is 0 Å². The van der Waals surface area contributed by atoms with E-state index < -0.39 is 12.8 Å². The molecule has 5 nitrogen and oxygen atoms in total. The molecule has 0 atom stereocenters. The summed E-state index contributed by atoms with van der Waals surface area (Å²) in [7, 11) is 0. The molecule has 2 heterocycles. The maximum atomic E-state index is 12.1. The minimum absolute atomic E-state index is 0.0713. The zero-order valence-electron chi connectivity index (χ0n) is 12.1. The lowest BCUT2D eigenvalue weighted by molar-refractivity contribution is -0.154. The highest BCUT2D eigenvalue weighted by molar-refractivity contribution is 5.31. The van der Waals surface area contributed by atoms with Crippen LogP contribution in [0.5, 0.6) is 5.88 Å². The van der Waals surface area contributed by atoms with Gasteiger partial charge in [0.05, 0.1) is 0 Å². The highest BCUT2D eigenvalue weighted by Gasteiger charge is 2.28. The van der Waals surface area contributed by atoms with Gasteiger partial charge in [0.2, 0.25) is 11.8 Å². The summed E-state index contributed by atoms with van der Waals surface area (Å²) in [6, 6.07) is 4.97. The standard InChI is InChI=1S/C14H15F3N4O/c1-9-5-10(2)21-13(20-9)19-7-11-3-4-18-12(6-11)22-8-14(15,16)17/h3-6H,7-8H2,1-2H3,(H,19,20,21). The van der Waals surface area contributed by atoms with Crippen LogP contribution in [0.3, 0.4) is 0 Å². The van der Waals surface area contributed by atoms with Gasteiger partial charge in [-0.05, 0) is 31.5 Å². The van der Waals surface area contributed by atoms with Crippen molar-refractivity contribution in [2.45, 2.75) is 26.6 Å². The van der Waals surface area contributed by atoms with E-state index in [1.165, 1.54) is 12.3 Å². The predicted octanol–water partition coefficient (Wildman–Crippen LogP) is 3.04. The van der Waals surface area contributed by atoms with E-state index in [1.807, 2.05) is 19.9 Å². The SMILES string of the molecule is Cc1cc(C)nc(NCc2ccnc(OCC(F)(F)F)c2)n1. The number of halogens is 3. The fraction of sp³-hybridized carbons (Fsp3) is 0.357. The van der Waals surface area contributed by atoms with Crippen LogP contribution in [0.1, 0.15) is 17.0 Å². The number of hydrogen-bond acceptors (Lipinski definition) is 5. The third-order valence-corrected chi connectivity index (χ3v) is 2.62. The average Bonchev–Trinajstić information content (AvgIpc) is 2.42. The van der Waals surface area contributed by atoms with Crippen LogP contribution in [0.25, 0.3) is 0 Å². The quantitative estimate of drug-likeness (QED) is 0.919. The van der Waals surface area contributed by atoms with E-state index in [-0.39, 0.29) is 5.88 Å². The van der Waals surface area contributed by atoms with Gasteiger partial charge in [0, 0.05) is 30.2 Å². The highest BCUT2D eigenvalue weighted by Crippen LogP contribution is 2.18. The summed E-state index contributed by atoms with van der Waals surface area (Å²) in [4.78, 5) is 12.2. The van der Waals surface area contributed by atoms with Crippen molar-refractivity contribution in [2.24, 2.45) is 0 Å². The van der Waals surface area contributed by atoms with E-state index in [1.54, 1.807) is 6.07 Å². The first kappa shape index (κ1) is 16.0. The van der Waals surface area contributed by atoms with Gasteiger partial charge in [0.15, 0.2) is 6.61 Å². The van der Waals surface area contributed by atoms with Gasteiger partial charge in [-0.1, -0.05) is 0 Å². The van der Waals surface area contributed by atoms with Gasteiger partial charge in [-0.15, -0.1) is 0 Å². The maximum absolute atomic E-state index is 12.1. The molecule has 0 radical (unpaired) electrons. The van der Waals surface area contributed by atoms with Gasteiger partial charge >= 0.3 is 6.18 Å². The van der Waals surface area contributed by atoms with Crippen LogP contribution in [0, 0.1) is 13.8 Å². The number of aromatic nitrogens is 3. The van der Waals surface area contributed by atoms with Crippen molar-refractivity contribution >= 4 is 5.95 Å². The third-order valence-electron chi connectivity index (χ3n) is 2.62. The van der Waals surface area contributed by atoms with E-state index in [0.29, 0.717) is 12.5 Å². The minimum atomic E-state index is -4.39. The number of rotatable bonds is 5. The number of aryl methyl sites for hydroxylation is 2. The Balaban J connectivity index is 1.98. The fourth-order valence-electron chi connectivity index (χ4n) is 1.78. The fourth-order valence-corrected chi connectivity index (χ4v) is 1.78. The molecule has 0 amide bonds. The van der Waals surface area contributed by atoms with Gasteiger partial charge < -0.3 is 10.1 Å². The lowest BCUT2D eigenvalue weighted by atomic mass is 10.2. The largest absolute Gasteiger partial charge is 0.468 e. The van der Waals surface area contributed by atoms with Crippen LogP contribution in [0.4, 0.5) is 19.1 Å². The molecule has 0 aliphatic carbocycles. The number of nitrogens with zero attached hydrogens (tertiary/aromatic N) is 3. The van der Waals surface area contributed by atoms with Crippen LogP contribution in [-0.2, 0) is 6.54 Å². The van der Waals surface area contributed by atoms with Gasteiger partial charge in [-0.3, -0.25) is 0 Å². The molecule has 2 aromatic heterocycles. The topological polar surface area (TPSA) is 59.9 Å². The molecule has 118 valence electrons. The Morgan fingerprint density at radius 2 is 1.82 bits per heavy atom. The second-order valence-electron chi connectivity index (χ2n) is 4.73. The molecule has 0 aromatic carbocycles. The summed E-state index contributed by atoms with van der Waals surface area (Å²) in [5, 5.41) is 3.01. The zero-order valence-corrected chi connectivity index (χ0v) is 12.1. The van der Waals surface area contributed by atoms with Crippen LogP contribution in [0.15, 0.2) is 24.4 Å². The monoisotopic (exact) mass is 312 g/mol. The smallest absolute Gasteiger partial charge is 0.422 e. The number of anilines is 1. The summed E-state index contributed by atoms with van der Waals surface area (Å²) in [5.74, 6) is 0.394. The molecule has 0 aliphatic heterocycles. The maximum Gasteiger partial charge on any atom is 0.422 e. The van der Waals surface area contributed by atoms with E-state index in [4.69, 9.17) is 0 Å². The molecule has 0 saturated carbocycles. The Morgan fingerprint density at radius 3 is 2.45 bits per heavy atom. The van der Waals surface area contributed by atoms with E-state index in [0.717, 1.165) is 17.0 Å². The molecule has 0 fully saturated rings. The van der Waals surface area contributed by atoms with Crippen LogP contribution in [0.2, 0.25) is 0 Å². The molecule has 0 unspecified atom stereocenters. The first-order chi connectivity index (χ1) is 10.3. The molecule has 1 N–H and O–H groups in total. The summed E-state index contributed by atoms with van der Waals surface area (Å²) in [6.07, 6.45) is -2.99. The van der Waals surface area contributed by atoms with E-state index in [2.05, 4.69) is 25.0 Å². The molecule has 2 aromatic rings. The normalized spacial score (nSPS) is 11.3. The molecular formula is C14H15F3N4O. The van der Waals surface area contributed by atoms with Gasteiger partial charge in [0.1, 0.15) is 0 Å². The lowest BCUT2D eigenvalue weighted by Crippen LogP contribution is -2.19. The average molecular weight is 312 g/mol. The van der Waals surface area contributed by atoms with Crippen LogP contribution >= 0.6 is 0 Å². The van der Waals surface area contributed by atoms with Crippen molar-refractivity contribution in [1.82, 2.24) is 15.0 Å². The molecule has 0 bridgehead atoms. The van der Waals surface area contributed by atoms with Crippen molar-refractivity contribution in [1.29, 1.82) is 0 Å². The molecule has 2 rings (SSSR count). The van der Waals surface area contributed by atoms with Crippen LogP contribution < -0.4 is 10.1 Å². The molecule has 8 heteroatoms. The predicted molar refractivity (Wildman–Crippen MR) is 74.6 cm³/mol. The molecular weight excluding hydrogens is 297 g/mol. The van der Waals surface area contributed by atoms with E-state index >= 15 is 0 Å². The molecule has 0 spiro atoms. The molecule has 22 heavy (non-hydrogen) atoms. The van der Waals surface area contributed by atoms with Gasteiger partial charge in [-0.2, -0.15) is 13.2 Å². The Kier molecular flexibility index (Phi) is 4.79. The van der Waals surface area contributed by atoms with E-state index in [9.17, 15) is 13.2 Å². The second-order valence-corrected chi connectivity index (χ2v) is 4.73. The first-order valence-corrected chi connectivity index (χ1v) is 6.52. The Labute approximate surface area is 125 Å². The van der Waals surface area contributed by atoms with Crippen molar-refractivity contribution in [3.05, 3.63) is 41.3 Å². The number of alkyl halides is 3. The summed E-state index contributed by atoms with van der Waals surface area (Å²) in [6.45, 7) is 2.70. The Morgan fingerprint density at radius 1 is 1.14 bits per heavy atom. The summed E-state index contributed by atoms with van der Waals surface area (Å²) in [5.41, 5.74) is 2.38. The number of hydrogen-bond donors (Lipinski definition) is 1. The molecule has 0 saturated heterocycles. The zero-order chi connectivity index (χ0) is 16.2.